The van der Waals surface area contributed by atoms with E-state index in [-0.39, 0.29) is 17.9 Å². The van der Waals surface area contributed by atoms with Crippen molar-refractivity contribution in [3.8, 4) is 5.75 Å². The Morgan fingerprint density at radius 2 is 1.53 bits per heavy atom. The van der Waals surface area contributed by atoms with Crippen molar-refractivity contribution in [3.63, 3.8) is 0 Å². The Balaban J connectivity index is 1.78. The minimum absolute atomic E-state index is 0.00123. The van der Waals surface area contributed by atoms with E-state index < -0.39 is 15.9 Å². The minimum atomic E-state index is -4.14. The summed E-state index contributed by atoms with van der Waals surface area (Å²) in [7, 11) is -4.14. The van der Waals surface area contributed by atoms with Crippen LogP contribution in [0.25, 0.3) is 0 Å². The molecule has 0 heterocycles. The van der Waals surface area contributed by atoms with E-state index >= 15 is 0 Å². The molecule has 0 N–H and O–H groups in total. The van der Waals surface area contributed by atoms with Gasteiger partial charge in [-0.15, -0.1) is 0 Å². The summed E-state index contributed by atoms with van der Waals surface area (Å²) < 4.78 is 33.7. The number of hydrogen-bond acceptors (Lipinski definition) is 4. The number of ether oxygens (including phenoxy) is 1. The number of unbranched alkanes of at least 4 members (excludes halogenated alkanes) is 1. The lowest BCUT2D eigenvalue weighted by Gasteiger charge is -2.23. The third kappa shape index (κ3) is 7.02. The molecule has 0 unspecified atom stereocenters. The minimum Gasteiger partial charge on any atom is -0.494 e. The van der Waals surface area contributed by atoms with Gasteiger partial charge in [0.05, 0.1) is 17.2 Å². The Morgan fingerprint density at radius 3 is 2.11 bits per heavy atom. The Hall–Kier alpha value is -2.54. The van der Waals surface area contributed by atoms with Crippen LogP contribution >= 0.6 is 23.2 Å². The number of nitrogens with zero attached hydrogens (tertiary/aromatic N) is 1. The van der Waals surface area contributed by atoms with Crippen LogP contribution in [0.3, 0.4) is 0 Å². The normalized spacial score (nSPS) is 11.4. The van der Waals surface area contributed by atoms with Crippen LogP contribution in [0.15, 0.2) is 65.6 Å². The number of carbonyl (C=O) groups excluding carboxylic acids is 1. The van der Waals surface area contributed by atoms with Crippen LogP contribution in [-0.2, 0) is 21.2 Å². The Bertz CT molecular complexity index is 1270. The van der Waals surface area contributed by atoms with Crippen molar-refractivity contribution in [1.29, 1.82) is 0 Å². The quantitative estimate of drug-likeness (QED) is 0.232. The Labute approximate surface area is 224 Å². The summed E-state index contributed by atoms with van der Waals surface area (Å²) in [6, 6.07) is 16.6. The molecule has 36 heavy (non-hydrogen) atoms. The highest BCUT2D eigenvalue weighted by Crippen LogP contribution is 2.28. The molecule has 8 heteroatoms. The highest BCUT2D eigenvalue weighted by Gasteiger charge is 2.30. The average Bonchev–Trinajstić information content (AvgIpc) is 2.85. The smallest absolute Gasteiger partial charge is 0.270 e. The molecule has 0 aliphatic heterocycles. The van der Waals surface area contributed by atoms with Crippen LogP contribution in [0.4, 0.5) is 5.69 Å². The molecule has 0 radical (unpaired) electrons. The molecule has 1 amide bonds. The molecule has 3 aromatic carbocycles. The van der Waals surface area contributed by atoms with Crippen molar-refractivity contribution in [1.82, 2.24) is 0 Å². The molecule has 0 atom stereocenters. The maximum absolute atomic E-state index is 13.5. The topological polar surface area (TPSA) is 63.7 Å². The molecule has 3 aromatic rings. The van der Waals surface area contributed by atoms with Gasteiger partial charge in [-0.05, 0) is 98.3 Å². The van der Waals surface area contributed by atoms with E-state index in [0.717, 1.165) is 40.3 Å². The van der Waals surface area contributed by atoms with Gasteiger partial charge in [0.1, 0.15) is 5.75 Å². The van der Waals surface area contributed by atoms with Crippen molar-refractivity contribution >= 4 is 44.8 Å². The second-order valence-corrected chi connectivity index (χ2v) is 11.3. The largest absolute Gasteiger partial charge is 0.494 e. The van der Waals surface area contributed by atoms with Crippen molar-refractivity contribution in [3.05, 3.63) is 87.4 Å². The van der Waals surface area contributed by atoms with Gasteiger partial charge >= 0.3 is 0 Å². The molecular weight excluding hydrogens is 517 g/mol. The maximum Gasteiger partial charge on any atom is 0.270 e. The van der Waals surface area contributed by atoms with Crippen LogP contribution in [0.5, 0.6) is 5.75 Å². The molecule has 0 aliphatic carbocycles. The monoisotopic (exact) mass is 547 g/mol. The summed E-state index contributed by atoms with van der Waals surface area (Å²) in [6.07, 6.45) is 3.35. The molecule has 0 aliphatic rings. The first-order valence-electron chi connectivity index (χ1n) is 12.0. The molecule has 0 saturated heterocycles. The van der Waals surface area contributed by atoms with Crippen LogP contribution in [-0.4, -0.2) is 20.9 Å². The summed E-state index contributed by atoms with van der Waals surface area (Å²) in [5.41, 5.74) is 3.22. The standard InChI is InChI=1S/C28H31Cl2NO4S/c1-4-5-7-22-9-13-24(14-10-22)31(36(33,34)26-15-11-23(29)12-16-26)27(32)8-6-17-35-25-18-20(2)28(30)21(3)19-25/h9-16,18-19H,4-8,17H2,1-3H3. The van der Waals surface area contributed by atoms with Crippen LogP contribution in [0.2, 0.25) is 10.0 Å². The van der Waals surface area contributed by atoms with Crippen LogP contribution in [0, 0.1) is 13.8 Å². The van der Waals surface area contributed by atoms with Crippen molar-refractivity contribution in [2.75, 3.05) is 10.9 Å². The highest BCUT2D eigenvalue weighted by atomic mass is 35.5. The van der Waals surface area contributed by atoms with Gasteiger partial charge < -0.3 is 4.74 Å². The number of hydrogen-bond donors (Lipinski definition) is 0. The van der Waals surface area contributed by atoms with Gasteiger partial charge in [0.15, 0.2) is 0 Å². The second-order valence-electron chi connectivity index (χ2n) is 8.71. The van der Waals surface area contributed by atoms with E-state index in [0.29, 0.717) is 27.9 Å². The number of amides is 1. The zero-order chi connectivity index (χ0) is 26.3. The highest BCUT2D eigenvalue weighted by molar-refractivity contribution is 7.93. The number of sulfonamides is 1. The fourth-order valence-corrected chi connectivity index (χ4v) is 5.50. The van der Waals surface area contributed by atoms with E-state index in [1.54, 1.807) is 12.1 Å². The summed E-state index contributed by atoms with van der Waals surface area (Å²) >= 11 is 12.2. The molecule has 5 nitrogen and oxygen atoms in total. The van der Waals surface area contributed by atoms with E-state index in [1.807, 2.05) is 38.1 Å². The van der Waals surface area contributed by atoms with Crippen molar-refractivity contribution < 1.29 is 17.9 Å². The van der Waals surface area contributed by atoms with Crippen molar-refractivity contribution in [2.45, 2.75) is 57.8 Å². The molecule has 3 rings (SSSR count). The lowest BCUT2D eigenvalue weighted by atomic mass is 10.1. The zero-order valence-electron chi connectivity index (χ0n) is 20.8. The predicted octanol–water partition coefficient (Wildman–Crippen LogP) is 7.53. The number of benzene rings is 3. The molecule has 0 spiro atoms. The first kappa shape index (κ1) is 28.0. The van der Waals surface area contributed by atoms with Crippen molar-refractivity contribution in [2.24, 2.45) is 0 Å². The first-order valence-corrected chi connectivity index (χ1v) is 14.1. The molecule has 0 fully saturated rings. The number of halogens is 2. The molecule has 192 valence electrons. The fraction of sp³-hybridized carbons (Fsp3) is 0.321. The van der Waals surface area contributed by atoms with E-state index in [2.05, 4.69) is 6.92 Å². The maximum atomic E-state index is 13.5. The SMILES string of the molecule is CCCCc1ccc(N(C(=O)CCCOc2cc(C)c(Cl)c(C)c2)S(=O)(=O)c2ccc(Cl)cc2)cc1. The fourth-order valence-electron chi connectivity index (χ4n) is 3.81. The van der Waals surface area contributed by atoms with Crippen LogP contribution < -0.4 is 9.04 Å². The van der Waals surface area contributed by atoms with Gasteiger partial charge in [-0.2, -0.15) is 0 Å². The second kappa shape index (κ2) is 12.6. The zero-order valence-corrected chi connectivity index (χ0v) is 23.1. The van der Waals surface area contributed by atoms with E-state index in [9.17, 15) is 13.2 Å². The predicted molar refractivity (Wildman–Crippen MR) is 147 cm³/mol. The number of anilines is 1. The molecule has 0 bridgehead atoms. The third-order valence-electron chi connectivity index (χ3n) is 5.78. The number of aryl methyl sites for hydroxylation is 3. The van der Waals surface area contributed by atoms with Gasteiger partial charge in [-0.25, -0.2) is 12.7 Å². The van der Waals surface area contributed by atoms with Gasteiger partial charge in [0.2, 0.25) is 5.91 Å². The summed E-state index contributed by atoms with van der Waals surface area (Å²) in [5, 5.41) is 1.11. The van der Waals surface area contributed by atoms with Gasteiger partial charge in [0.25, 0.3) is 10.0 Å². The van der Waals surface area contributed by atoms with E-state index in [4.69, 9.17) is 27.9 Å². The summed E-state index contributed by atoms with van der Waals surface area (Å²) in [6.45, 7) is 6.18. The summed E-state index contributed by atoms with van der Waals surface area (Å²) in [4.78, 5) is 13.3. The summed E-state index contributed by atoms with van der Waals surface area (Å²) in [5.74, 6) is 0.133. The number of carbonyl (C=O) groups is 1. The van der Waals surface area contributed by atoms with Gasteiger partial charge in [-0.1, -0.05) is 48.7 Å². The Kier molecular flexibility index (Phi) is 9.83. The first-order chi connectivity index (χ1) is 17.1. The third-order valence-corrected chi connectivity index (χ3v) is 8.39. The average molecular weight is 549 g/mol. The number of rotatable bonds is 11. The van der Waals surface area contributed by atoms with Gasteiger partial charge in [-0.3, -0.25) is 4.79 Å². The Morgan fingerprint density at radius 1 is 0.917 bits per heavy atom. The lowest BCUT2D eigenvalue weighted by Crippen LogP contribution is -2.37. The molecule has 0 aromatic heterocycles. The van der Waals surface area contributed by atoms with Gasteiger partial charge in [0, 0.05) is 16.5 Å². The van der Waals surface area contributed by atoms with E-state index in [1.165, 1.54) is 24.3 Å². The van der Waals surface area contributed by atoms with Crippen LogP contribution in [0.1, 0.15) is 49.3 Å². The molecule has 0 saturated carbocycles. The molecular formula is C28H31Cl2NO4S. The lowest BCUT2D eigenvalue weighted by molar-refractivity contribution is -0.117.